The van der Waals surface area contributed by atoms with E-state index in [1.54, 1.807) is 0 Å². The first-order valence-corrected chi connectivity index (χ1v) is 22.2. The van der Waals surface area contributed by atoms with Crippen molar-refractivity contribution in [3.63, 3.8) is 0 Å². The van der Waals surface area contributed by atoms with Gasteiger partial charge in [0.25, 0.3) is 0 Å². The Morgan fingerprint density at radius 2 is 0.688 bits per heavy atom. The largest absolute Gasteiger partial charge is 0.456 e. The second kappa shape index (κ2) is 14.2. The van der Waals surface area contributed by atoms with Gasteiger partial charge in [-0.15, -0.1) is 0 Å². The van der Waals surface area contributed by atoms with Crippen LogP contribution >= 0.6 is 0 Å². The van der Waals surface area contributed by atoms with Crippen LogP contribution in [-0.4, -0.2) is 0 Å². The molecule has 1 aromatic heterocycles. The van der Waals surface area contributed by atoms with Gasteiger partial charge < -0.3 is 9.32 Å². The predicted molar refractivity (Wildman–Crippen MR) is 263 cm³/mol. The van der Waals surface area contributed by atoms with Gasteiger partial charge in [-0.25, -0.2) is 0 Å². The minimum absolute atomic E-state index is 0.556. The summed E-state index contributed by atoms with van der Waals surface area (Å²) < 4.78 is 6.62. The molecule has 0 atom stereocenters. The van der Waals surface area contributed by atoms with Gasteiger partial charge in [-0.2, -0.15) is 0 Å². The first-order chi connectivity index (χ1) is 31.8. The number of para-hydroxylation sites is 1. The van der Waals surface area contributed by atoms with Crippen LogP contribution in [0.2, 0.25) is 0 Å². The molecule has 13 rings (SSSR count). The van der Waals surface area contributed by atoms with Crippen molar-refractivity contribution in [2.75, 3.05) is 4.90 Å². The number of fused-ring (bicyclic) bond motifs is 9. The van der Waals surface area contributed by atoms with Gasteiger partial charge in [-0.3, -0.25) is 0 Å². The van der Waals surface area contributed by atoms with Crippen molar-refractivity contribution in [2.24, 2.45) is 0 Å². The van der Waals surface area contributed by atoms with Crippen LogP contribution in [0.25, 0.3) is 44.2 Å². The molecule has 0 bridgehead atoms. The molecule has 0 saturated carbocycles. The monoisotopic (exact) mass is 815 g/mol. The summed E-state index contributed by atoms with van der Waals surface area (Å²) in [6, 6.07) is 91.5. The molecule has 300 valence electrons. The van der Waals surface area contributed by atoms with E-state index in [0.29, 0.717) is 0 Å². The minimum atomic E-state index is -0.556. The summed E-state index contributed by atoms with van der Waals surface area (Å²) >= 11 is 0. The lowest BCUT2D eigenvalue weighted by Crippen LogP contribution is -2.29. The van der Waals surface area contributed by atoms with Gasteiger partial charge in [0, 0.05) is 16.8 Å². The molecule has 0 spiro atoms. The molecular formula is C62H41NO. The van der Waals surface area contributed by atoms with Crippen LogP contribution in [0.5, 0.6) is 0 Å². The van der Waals surface area contributed by atoms with E-state index in [4.69, 9.17) is 4.42 Å². The van der Waals surface area contributed by atoms with Crippen molar-refractivity contribution in [3.05, 3.63) is 293 Å². The second-order valence-electron chi connectivity index (χ2n) is 17.1. The predicted octanol–water partition coefficient (Wildman–Crippen LogP) is 15.8. The van der Waals surface area contributed by atoms with E-state index in [1.165, 1.54) is 66.8 Å². The lowest BCUT2D eigenvalue weighted by Gasteiger charge is -2.36. The fraction of sp³-hybridized carbons (Fsp3) is 0.0323. The zero-order valence-corrected chi connectivity index (χ0v) is 35.0. The topological polar surface area (TPSA) is 16.4 Å². The fourth-order valence-electron chi connectivity index (χ4n) is 11.5. The van der Waals surface area contributed by atoms with Crippen LogP contribution in [0.3, 0.4) is 0 Å². The Balaban J connectivity index is 1.13. The van der Waals surface area contributed by atoms with E-state index in [9.17, 15) is 0 Å². The lowest BCUT2D eigenvalue weighted by atomic mass is 9.67. The molecule has 0 radical (unpaired) electrons. The molecule has 0 fully saturated rings. The molecule has 10 aromatic carbocycles. The molecule has 11 aromatic rings. The number of benzene rings is 10. The van der Waals surface area contributed by atoms with Gasteiger partial charge in [0.15, 0.2) is 0 Å². The summed E-state index contributed by atoms with van der Waals surface area (Å²) in [6.45, 7) is 0. The number of furan rings is 1. The Labute approximate surface area is 373 Å². The van der Waals surface area contributed by atoms with Gasteiger partial charge in [0.05, 0.1) is 21.9 Å². The maximum Gasteiger partial charge on any atom is 0.137 e. The third-order valence-electron chi connectivity index (χ3n) is 14.0. The normalized spacial score (nSPS) is 13.9. The van der Waals surface area contributed by atoms with Gasteiger partial charge in [-0.05, 0) is 109 Å². The van der Waals surface area contributed by atoms with Crippen LogP contribution in [0.4, 0.5) is 17.1 Å². The minimum Gasteiger partial charge on any atom is -0.456 e. The molecular weight excluding hydrogens is 775 g/mol. The van der Waals surface area contributed by atoms with E-state index >= 15 is 0 Å². The molecule has 2 heteroatoms. The van der Waals surface area contributed by atoms with E-state index in [2.05, 4.69) is 254 Å². The summed E-state index contributed by atoms with van der Waals surface area (Å²) in [5.74, 6) is 0. The van der Waals surface area contributed by atoms with Crippen molar-refractivity contribution in [2.45, 2.75) is 10.8 Å². The fourth-order valence-corrected chi connectivity index (χ4v) is 11.5. The van der Waals surface area contributed by atoms with Crippen LogP contribution in [0.15, 0.2) is 253 Å². The highest BCUT2D eigenvalue weighted by Crippen LogP contribution is 2.60. The first kappa shape index (κ1) is 36.5. The standard InChI is InChI=1S/C62H41NO/c1-5-20-42(21-6-1)61(43-22-7-2-8-23-43)53-31-16-13-28-48(53)50-38-36-46(40-55(50)61)63(57-33-19-35-59-60(57)52-30-15-18-34-58(52)64-59)47-37-39-51-49-29-14-17-32-54(49)62(56(51)41-47,44-24-9-3-10-25-44)45-26-11-4-12-27-45/h1-41H. The first-order valence-electron chi connectivity index (χ1n) is 22.2. The average Bonchev–Trinajstić information content (AvgIpc) is 4.00. The molecule has 0 saturated heterocycles. The number of nitrogens with zero attached hydrogens (tertiary/aromatic N) is 1. The number of hydrogen-bond acceptors (Lipinski definition) is 2. The summed E-state index contributed by atoms with van der Waals surface area (Å²) in [4.78, 5) is 2.48. The summed E-state index contributed by atoms with van der Waals surface area (Å²) in [5, 5.41) is 2.17. The third kappa shape index (κ3) is 5.02. The average molecular weight is 816 g/mol. The Hall–Kier alpha value is -8.20. The highest BCUT2D eigenvalue weighted by molar-refractivity contribution is 6.13. The highest BCUT2D eigenvalue weighted by Gasteiger charge is 2.48. The number of anilines is 3. The van der Waals surface area contributed by atoms with E-state index < -0.39 is 10.8 Å². The Kier molecular flexibility index (Phi) is 8.07. The summed E-state index contributed by atoms with van der Waals surface area (Å²) in [5.41, 5.74) is 18.9. The SMILES string of the molecule is c1ccc(C2(c3ccccc3)c3ccccc3-c3ccc(N(c4ccc5c(c4)C(c4ccccc4)(c4ccccc4)c4ccccc4-5)c4cccc5oc6ccccc6c45)cc32)cc1. The van der Waals surface area contributed by atoms with Gasteiger partial charge in [-0.1, -0.05) is 206 Å². The zero-order valence-electron chi connectivity index (χ0n) is 35.0. The molecule has 0 amide bonds. The molecule has 0 N–H and O–H groups in total. The Morgan fingerprint density at radius 1 is 0.297 bits per heavy atom. The van der Waals surface area contributed by atoms with Crippen molar-refractivity contribution in [1.82, 2.24) is 0 Å². The maximum absolute atomic E-state index is 6.62. The van der Waals surface area contributed by atoms with Crippen LogP contribution < -0.4 is 4.90 Å². The maximum atomic E-state index is 6.62. The molecule has 2 aliphatic rings. The van der Waals surface area contributed by atoms with E-state index in [-0.39, 0.29) is 0 Å². The Morgan fingerprint density at radius 3 is 1.17 bits per heavy atom. The van der Waals surface area contributed by atoms with E-state index in [0.717, 1.165) is 39.0 Å². The number of rotatable bonds is 7. The second-order valence-corrected chi connectivity index (χ2v) is 17.1. The van der Waals surface area contributed by atoms with Crippen LogP contribution in [-0.2, 0) is 10.8 Å². The van der Waals surface area contributed by atoms with Crippen LogP contribution in [0.1, 0.15) is 44.5 Å². The summed E-state index contributed by atoms with van der Waals surface area (Å²) in [6.07, 6.45) is 0. The summed E-state index contributed by atoms with van der Waals surface area (Å²) in [7, 11) is 0. The quantitative estimate of drug-likeness (QED) is 0.159. The van der Waals surface area contributed by atoms with Gasteiger partial charge >= 0.3 is 0 Å². The van der Waals surface area contributed by atoms with Crippen molar-refractivity contribution in [1.29, 1.82) is 0 Å². The Bertz CT molecular complexity index is 3290. The molecule has 0 aliphatic heterocycles. The van der Waals surface area contributed by atoms with Crippen molar-refractivity contribution < 1.29 is 4.42 Å². The molecule has 64 heavy (non-hydrogen) atoms. The highest BCUT2D eigenvalue weighted by atomic mass is 16.3. The van der Waals surface area contributed by atoms with Crippen LogP contribution in [0, 0.1) is 0 Å². The van der Waals surface area contributed by atoms with Gasteiger partial charge in [0.1, 0.15) is 11.2 Å². The number of hydrogen-bond donors (Lipinski definition) is 0. The molecule has 0 unspecified atom stereocenters. The molecule has 1 heterocycles. The van der Waals surface area contributed by atoms with E-state index in [1.807, 2.05) is 0 Å². The molecule has 2 aliphatic carbocycles. The lowest BCUT2D eigenvalue weighted by molar-refractivity contribution is 0.669. The zero-order chi connectivity index (χ0) is 42.2. The third-order valence-corrected chi connectivity index (χ3v) is 14.0. The van der Waals surface area contributed by atoms with Crippen molar-refractivity contribution in [3.8, 4) is 22.3 Å². The smallest absolute Gasteiger partial charge is 0.137 e. The van der Waals surface area contributed by atoms with Crippen molar-refractivity contribution >= 4 is 39.0 Å². The van der Waals surface area contributed by atoms with Gasteiger partial charge in [0.2, 0.25) is 0 Å². The molecule has 2 nitrogen and oxygen atoms in total.